The van der Waals surface area contributed by atoms with E-state index < -0.39 is 6.10 Å². The van der Waals surface area contributed by atoms with Crippen LogP contribution in [0.1, 0.15) is 26.3 Å². The highest BCUT2D eigenvalue weighted by Crippen LogP contribution is 2.12. The first-order valence-corrected chi connectivity index (χ1v) is 7.58. The summed E-state index contributed by atoms with van der Waals surface area (Å²) >= 11 is 0. The van der Waals surface area contributed by atoms with E-state index in [-0.39, 0.29) is 18.0 Å². The van der Waals surface area contributed by atoms with E-state index in [9.17, 15) is 9.50 Å². The van der Waals surface area contributed by atoms with Gasteiger partial charge in [0, 0.05) is 32.3 Å². The number of halogens is 1. The van der Waals surface area contributed by atoms with Gasteiger partial charge in [-0.1, -0.05) is 18.2 Å². The summed E-state index contributed by atoms with van der Waals surface area (Å²) in [5.74, 6) is -0.231. The van der Waals surface area contributed by atoms with Gasteiger partial charge in [-0.2, -0.15) is 0 Å². The van der Waals surface area contributed by atoms with Gasteiger partial charge in [0.25, 0.3) is 0 Å². The number of hydrogen-bond acceptors (Lipinski definition) is 4. The van der Waals surface area contributed by atoms with Crippen LogP contribution in [-0.4, -0.2) is 55.1 Å². The van der Waals surface area contributed by atoms with Crippen molar-refractivity contribution in [3.05, 3.63) is 35.6 Å². The van der Waals surface area contributed by atoms with Crippen LogP contribution in [0.4, 0.5) is 4.39 Å². The number of aliphatic hydroxyl groups is 1. The lowest BCUT2D eigenvalue weighted by Crippen LogP contribution is -2.38. The fourth-order valence-electron chi connectivity index (χ4n) is 2.02. The second-order valence-electron chi connectivity index (χ2n) is 6.40. The summed E-state index contributed by atoms with van der Waals surface area (Å²) in [5.41, 5.74) is 0.326. The molecule has 5 heteroatoms. The lowest BCUT2D eigenvalue weighted by atomic mass is 10.2. The molecule has 1 N–H and O–H groups in total. The highest BCUT2D eigenvalue weighted by atomic mass is 19.1. The summed E-state index contributed by atoms with van der Waals surface area (Å²) in [6.07, 6.45) is -0.622. The van der Waals surface area contributed by atoms with E-state index in [1.54, 1.807) is 19.2 Å². The van der Waals surface area contributed by atoms with Crippen LogP contribution in [0.15, 0.2) is 24.3 Å². The lowest BCUT2D eigenvalue weighted by Gasteiger charge is -2.27. The van der Waals surface area contributed by atoms with E-state index in [0.717, 1.165) is 0 Å². The molecule has 0 spiro atoms. The van der Waals surface area contributed by atoms with Crippen LogP contribution in [0, 0.1) is 5.82 Å². The van der Waals surface area contributed by atoms with E-state index in [1.807, 2.05) is 31.7 Å². The van der Waals surface area contributed by atoms with E-state index >= 15 is 0 Å². The maximum Gasteiger partial charge on any atom is 0.127 e. The largest absolute Gasteiger partial charge is 0.389 e. The summed E-state index contributed by atoms with van der Waals surface area (Å²) in [6.45, 7) is 8.09. The molecule has 0 radical (unpaired) electrons. The Labute approximate surface area is 132 Å². The van der Waals surface area contributed by atoms with Crippen molar-refractivity contribution in [2.45, 2.75) is 39.0 Å². The van der Waals surface area contributed by atoms with E-state index in [4.69, 9.17) is 9.47 Å². The average Bonchev–Trinajstić information content (AvgIpc) is 2.44. The molecular weight excluding hydrogens is 285 g/mol. The van der Waals surface area contributed by atoms with E-state index in [1.165, 1.54) is 6.07 Å². The topological polar surface area (TPSA) is 41.9 Å². The zero-order valence-corrected chi connectivity index (χ0v) is 14.0. The van der Waals surface area contributed by atoms with Crippen LogP contribution in [-0.2, 0) is 16.0 Å². The standard InChI is InChI=1S/C17H28FNO3/c1-17(2,3)22-13-15(20)12-19(9-10-21-4)11-14-7-5-6-8-16(14)18/h5-8,15,20H,9-13H2,1-4H3. The Morgan fingerprint density at radius 1 is 1.27 bits per heavy atom. The summed E-state index contributed by atoms with van der Waals surface area (Å²) in [5, 5.41) is 10.1. The second-order valence-corrected chi connectivity index (χ2v) is 6.40. The normalized spacial score (nSPS) is 13.6. The predicted molar refractivity (Wildman–Crippen MR) is 85.3 cm³/mol. The maximum atomic E-state index is 13.8. The average molecular weight is 313 g/mol. The summed E-state index contributed by atoms with van der Waals surface area (Å²) in [4.78, 5) is 1.97. The first kappa shape index (κ1) is 19.0. The molecule has 0 fully saturated rings. The van der Waals surface area contributed by atoms with Gasteiger partial charge in [0.15, 0.2) is 0 Å². The van der Waals surface area contributed by atoms with E-state index in [0.29, 0.717) is 31.8 Å². The van der Waals surface area contributed by atoms with E-state index in [2.05, 4.69) is 0 Å². The first-order chi connectivity index (χ1) is 10.3. The van der Waals surface area contributed by atoms with Crippen LogP contribution in [0.2, 0.25) is 0 Å². The second kappa shape index (κ2) is 9.20. The van der Waals surface area contributed by atoms with Gasteiger partial charge >= 0.3 is 0 Å². The van der Waals surface area contributed by atoms with Crippen molar-refractivity contribution in [2.24, 2.45) is 0 Å². The summed E-state index contributed by atoms with van der Waals surface area (Å²) in [6, 6.07) is 6.69. The van der Waals surface area contributed by atoms with Gasteiger partial charge in [-0.15, -0.1) is 0 Å². The molecule has 22 heavy (non-hydrogen) atoms. The van der Waals surface area contributed by atoms with Crippen LogP contribution < -0.4 is 0 Å². The smallest absolute Gasteiger partial charge is 0.127 e. The van der Waals surface area contributed by atoms with Gasteiger partial charge in [-0.25, -0.2) is 4.39 Å². The Hall–Kier alpha value is -1.01. The number of nitrogens with zero attached hydrogens (tertiary/aromatic N) is 1. The number of ether oxygens (including phenoxy) is 2. The van der Waals surface area contributed by atoms with Crippen molar-refractivity contribution in [3.8, 4) is 0 Å². The van der Waals surface area contributed by atoms with Gasteiger partial charge in [-0.3, -0.25) is 4.90 Å². The predicted octanol–water partition coefficient (Wildman–Crippen LogP) is 2.45. The van der Waals surface area contributed by atoms with Gasteiger partial charge < -0.3 is 14.6 Å². The summed E-state index contributed by atoms with van der Waals surface area (Å²) in [7, 11) is 1.63. The van der Waals surface area contributed by atoms with Crippen molar-refractivity contribution in [1.82, 2.24) is 4.90 Å². The Morgan fingerprint density at radius 2 is 1.95 bits per heavy atom. The van der Waals surface area contributed by atoms with Gasteiger partial charge in [-0.05, 0) is 26.8 Å². The molecule has 1 aromatic carbocycles. The first-order valence-electron chi connectivity index (χ1n) is 7.58. The molecule has 4 nitrogen and oxygen atoms in total. The molecule has 0 saturated heterocycles. The molecular formula is C17H28FNO3. The van der Waals surface area contributed by atoms with Crippen LogP contribution in [0.25, 0.3) is 0 Å². The van der Waals surface area contributed by atoms with Gasteiger partial charge in [0.05, 0.1) is 24.9 Å². The van der Waals surface area contributed by atoms with Crippen molar-refractivity contribution < 1.29 is 19.0 Å². The fourth-order valence-corrected chi connectivity index (χ4v) is 2.02. The highest BCUT2D eigenvalue weighted by molar-refractivity contribution is 5.17. The van der Waals surface area contributed by atoms with Gasteiger partial charge in [0.2, 0.25) is 0 Å². The van der Waals surface area contributed by atoms with Gasteiger partial charge in [0.1, 0.15) is 5.82 Å². The molecule has 0 bridgehead atoms. The Morgan fingerprint density at radius 3 is 2.55 bits per heavy atom. The minimum absolute atomic E-state index is 0.231. The third-order valence-electron chi connectivity index (χ3n) is 3.14. The summed E-state index contributed by atoms with van der Waals surface area (Å²) < 4.78 is 24.4. The minimum Gasteiger partial charge on any atom is -0.389 e. The minimum atomic E-state index is -0.622. The zero-order chi connectivity index (χ0) is 16.6. The Kier molecular flexibility index (Phi) is 7.96. The van der Waals surface area contributed by atoms with Crippen molar-refractivity contribution in [2.75, 3.05) is 33.4 Å². The van der Waals surface area contributed by atoms with Crippen molar-refractivity contribution in [1.29, 1.82) is 0 Å². The molecule has 1 aromatic rings. The van der Waals surface area contributed by atoms with Crippen molar-refractivity contribution in [3.63, 3.8) is 0 Å². The molecule has 0 aromatic heterocycles. The van der Waals surface area contributed by atoms with Crippen molar-refractivity contribution >= 4 is 0 Å². The molecule has 1 rings (SSSR count). The number of aliphatic hydroxyl groups excluding tert-OH is 1. The maximum absolute atomic E-state index is 13.8. The fraction of sp³-hybridized carbons (Fsp3) is 0.647. The highest BCUT2D eigenvalue weighted by Gasteiger charge is 2.17. The lowest BCUT2D eigenvalue weighted by molar-refractivity contribution is -0.0577. The number of hydrogen-bond donors (Lipinski definition) is 1. The monoisotopic (exact) mass is 313 g/mol. The molecule has 0 saturated carbocycles. The third kappa shape index (κ3) is 7.84. The number of methoxy groups -OCH3 is 1. The molecule has 0 aliphatic carbocycles. The number of rotatable bonds is 9. The third-order valence-corrected chi connectivity index (χ3v) is 3.14. The molecule has 1 unspecified atom stereocenters. The zero-order valence-electron chi connectivity index (χ0n) is 14.0. The molecule has 0 aliphatic heterocycles. The SMILES string of the molecule is COCCN(Cc1ccccc1F)CC(O)COC(C)(C)C. The quantitative estimate of drug-likeness (QED) is 0.760. The molecule has 0 amide bonds. The van der Waals surface area contributed by atoms with Crippen LogP contribution >= 0.6 is 0 Å². The van der Waals surface area contributed by atoms with Crippen LogP contribution in [0.3, 0.4) is 0 Å². The molecule has 1 atom stereocenters. The molecule has 126 valence electrons. The number of benzene rings is 1. The Bertz CT molecular complexity index is 434. The molecule has 0 heterocycles. The van der Waals surface area contributed by atoms with Crippen LogP contribution in [0.5, 0.6) is 0 Å². The Balaban J connectivity index is 2.58. The molecule has 0 aliphatic rings.